The van der Waals surface area contributed by atoms with Crippen LogP contribution in [0.15, 0.2) is 35.3 Å². The molecule has 7 heteroatoms. The van der Waals surface area contributed by atoms with Crippen LogP contribution in [-0.4, -0.2) is 62.7 Å². The number of rotatable bonds is 7. The number of aliphatic imine (C=N–C) groups is 1. The Balaban J connectivity index is 1.75. The lowest BCUT2D eigenvalue weighted by molar-refractivity contribution is 0.408. The lowest BCUT2D eigenvalue weighted by atomic mass is 10.2. The molecule has 0 amide bonds. The minimum absolute atomic E-state index is 0.115. The van der Waals surface area contributed by atoms with Gasteiger partial charge in [-0.3, -0.25) is 4.99 Å². The first-order chi connectivity index (χ1) is 12.0. The van der Waals surface area contributed by atoms with Crippen molar-refractivity contribution in [3.8, 4) is 0 Å². The van der Waals surface area contributed by atoms with Crippen molar-refractivity contribution in [2.75, 3.05) is 38.2 Å². The minimum Gasteiger partial charge on any atom is -0.356 e. The van der Waals surface area contributed by atoms with Crippen molar-refractivity contribution in [1.82, 2.24) is 10.2 Å². The molecule has 1 saturated heterocycles. The van der Waals surface area contributed by atoms with E-state index in [1.54, 1.807) is 7.05 Å². The number of nitrogens with zero attached hydrogens (tertiary/aromatic N) is 2. The van der Waals surface area contributed by atoms with Crippen LogP contribution in [0.3, 0.4) is 0 Å². The highest BCUT2D eigenvalue weighted by Gasteiger charge is 2.21. The summed E-state index contributed by atoms with van der Waals surface area (Å²) in [6.45, 7) is 4.84. The van der Waals surface area contributed by atoms with Crippen molar-refractivity contribution in [2.45, 2.75) is 30.8 Å². The molecule has 0 radical (unpaired) electrons. The van der Waals surface area contributed by atoms with Gasteiger partial charge in [0, 0.05) is 37.7 Å². The van der Waals surface area contributed by atoms with Gasteiger partial charge >= 0.3 is 0 Å². The fourth-order valence-corrected chi connectivity index (χ4v) is 5.49. The topological polar surface area (TPSA) is 61.8 Å². The lowest BCUT2D eigenvalue weighted by Crippen LogP contribution is -2.48. The maximum absolute atomic E-state index is 12.2. The van der Waals surface area contributed by atoms with Crippen LogP contribution < -0.4 is 5.32 Å². The van der Waals surface area contributed by atoms with Gasteiger partial charge < -0.3 is 10.2 Å². The highest BCUT2D eigenvalue weighted by Crippen LogP contribution is 2.20. The Bertz CT molecular complexity index is 648. The highest BCUT2D eigenvalue weighted by molar-refractivity contribution is 8.00. The molecular formula is C18H29N3O2S2. The van der Waals surface area contributed by atoms with E-state index in [2.05, 4.69) is 22.1 Å². The summed E-state index contributed by atoms with van der Waals surface area (Å²) in [6.07, 6.45) is 1.75. The second-order valence-electron chi connectivity index (χ2n) is 6.25. The molecule has 140 valence electrons. The Morgan fingerprint density at radius 3 is 2.80 bits per heavy atom. The minimum atomic E-state index is -3.07. The molecule has 25 heavy (non-hydrogen) atoms. The molecule has 1 N–H and O–H groups in total. The van der Waals surface area contributed by atoms with Gasteiger partial charge in [-0.2, -0.15) is 11.8 Å². The van der Waals surface area contributed by atoms with Gasteiger partial charge in [-0.25, -0.2) is 8.42 Å². The normalized spacial score (nSPS) is 19.0. The van der Waals surface area contributed by atoms with Gasteiger partial charge in [-0.1, -0.05) is 37.3 Å². The Labute approximate surface area is 156 Å². The van der Waals surface area contributed by atoms with Gasteiger partial charge in [0.15, 0.2) is 15.8 Å². The zero-order chi connectivity index (χ0) is 18.1. The van der Waals surface area contributed by atoms with Crippen molar-refractivity contribution in [3.63, 3.8) is 0 Å². The van der Waals surface area contributed by atoms with E-state index in [0.717, 1.165) is 36.8 Å². The summed E-state index contributed by atoms with van der Waals surface area (Å²) >= 11 is 2.02. The van der Waals surface area contributed by atoms with Crippen LogP contribution in [0.4, 0.5) is 0 Å². The number of nitrogens with one attached hydrogen (secondary N) is 1. The number of thioether (sulfide) groups is 1. The van der Waals surface area contributed by atoms with E-state index in [4.69, 9.17) is 0 Å². The third-order valence-corrected chi connectivity index (χ3v) is 7.31. The molecule has 0 spiro atoms. The Morgan fingerprint density at radius 2 is 2.12 bits per heavy atom. The Kier molecular flexibility index (Phi) is 8.09. The number of hydrogen-bond donors (Lipinski definition) is 1. The number of benzene rings is 1. The lowest BCUT2D eigenvalue weighted by Gasteiger charge is -2.34. The van der Waals surface area contributed by atoms with E-state index in [0.29, 0.717) is 18.2 Å². The first kappa shape index (κ1) is 20.1. The molecule has 0 saturated carbocycles. The molecule has 1 unspecified atom stereocenters. The monoisotopic (exact) mass is 383 g/mol. The summed E-state index contributed by atoms with van der Waals surface area (Å²) in [5.74, 6) is 2.31. The number of sulfone groups is 1. The van der Waals surface area contributed by atoms with Crippen molar-refractivity contribution >= 4 is 27.6 Å². The molecule has 1 atom stereocenters. The van der Waals surface area contributed by atoms with Gasteiger partial charge in [-0.15, -0.1) is 0 Å². The number of hydrogen-bond acceptors (Lipinski definition) is 4. The molecule has 0 bridgehead atoms. The van der Waals surface area contributed by atoms with E-state index in [9.17, 15) is 8.42 Å². The first-order valence-electron chi connectivity index (χ1n) is 8.85. The van der Waals surface area contributed by atoms with Crippen LogP contribution in [0.25, 0.3) is 0 Å². The van der Waals surface area contributed by atoms with Crippen LogP contribution in [0.2, 0.25) is 0 Å². The van der Waals surface area contributed by atoms with E-state index in [1.807, 2.05) is 42.1 Å². The van der Waals surface area contributed by atoms with Gasteiger partial charge in [0.25, 0.3) is 0 Å². The molecule has 5 nitrogen and oxygen atoms in total. The second-order valence-corrected chi connectivity index (χ2v) is 9.84. The molecule has 1 aromatic rings. The molecule has 1 aliphatic heterocycles. The first-order valence-corrected chi connectivity index (χ1v) is 11.7. The second kappa shape index (κ2) is 10.1. The van der Waals surface area contributed by atoms with Gasteiger partial charge in [0.05, 0.1) is 11.5 Å². The predicted molar refractivity (Wildman–Crippen MR) is 108 cm³/mol. The van der Waals surface area contributed by atoms with Gasteiger partial charge in [-0.05, 0) is 18.4 Å². The quantitative estimate of drug-likeness (QED) is 0.445. The van der Waals surface area contributed by atoms with E-state index >= 15 is 0 Å². The average molecular weight is 384 g/mol. The summed E-state index contributed by atoms with van der Waals surface area (Å²) in [5, 5.41) is 3.97. The zero-order valence-electron chi connectivity index (χ0n) is 15.1. The third kappa shape index (κ3) is 6.90. The van der Waals surface area contributed by atoms with Gasteiger partial charge in [0.2, 0.25) is 0 Å². The van der Waals surface area contributed by atoms with Crippen LogP contribution >= 0.6 is 11.8 Å². The van der Waals surface area contributed by atoms with Crippen LogP contribution in [0.1, 0.15) is 25.3 Å². The van der Waals surface area contributed by atoms with E-state index in [1.165, 1.54) is 0 Å². The molecule has 1 fully saturated rings. The Morgan fingerprint density at radius 1 is 1.36 bits per heavy atom. The van der Waals surface area contributed by atoms with Crippen molar-refractivity contribution in [1.29, 1.82) is 0 Å². The molecule has 2 rings (SSSR count). The smallest absolute Gasteiger partial charge is 0.193 e. The molecule has 1 heterocycles. The molecular weight excluding hydrogens is 354 g/mol. The predicted octanol–water partition coefficient (Wildman–Crippen LogP) is 2.39. The molecule has 1 aromatic carbocycles. The van der Waals surface area contributed by atoms with Crippen molar-refractivity contribution in [3.05, 3.63) is 35.9 Å². The molecule has 1 aliphatic rings. The summed E-state index contributed by atoms with van der Waals surface area (Å²) in [4.78, 5) is 6.64. The summed E-state index contributed by atoms with van der Waals surface area (Å²) < 4.78 is 24.5. The standard InChI is InChI=1S/C18H29N3O2S2/c1-3-17-14-21(11-12-24-17)18(19-2)20-10-7-13-25(22,23)15-16-8-5-4-6-9-16/h4-6,8-9,17H,3,7,10-15H2,1-2H3,(H,19,20). The SMILES string of the molecule is CCC1CN(C(=NC)NCCCS(=O)(=O)Cc2ccccc2)CCS1. The van der Waals surface area contributed by atoms with Crippen LogP contribution in [-0.2, 0) is 15.6 Å². The third-order valence-electron chi connectivity index (χ3n) is 4.25. The fourth-order valence-electron chi connectivity index (χ4n) is 2.88. The average Bonchev–Trinajstić information content (AvgIpc) is 2.62. The van der Waals surface area contributed by atoms with Crippen LogP contribution in [0, 0.1) is 0 Å². The molecule has 0 aliphatic carbocycles. The largest absolute Gasteiger partial charge is 0.356 e. The highest BCUT2D eigenvalue weighted by atomic mass is 32.2. The van der Waals surface area contributed by atoms with Crippen molar-refractivity contribution in [2.24, 2.45) is 4.99 Å². The maximum atomic E-state index is 12.2. The van der Waals surface area contributed by atoms with Crippen LogP contribution in [0.5, 0.6) is 0 Å². The Hall–Kier alpha value is -1.21. The van der Waals surface area contributed by atoms with Gasteiger partial charge in [0.1, 0.15) is 0 Å². The van der Waals surface area contributed by atoms with Crippen molar-refractivity contribution < 1.29 is 8.42 Å². The van der Waals surface area contributed by atoms with E-state index in [-0.39, 0.29) is 11.5 Å². The summed E-state index contributed by atoms with van der Waals surface area (Å²) in [7, 11) is -1.28. The fraction of sp³-hybridized carbons (Fsp3) is 0.611. The maximum Gasteiger partial charge on any atom is 0.193 e. The van der Waals surface area contributed by atoms with E-state index < -0.39 is 9.84 Å². The number of guanidine groups is 1. The molecule has 0 aromatic heterocycles. The summed E-state index contributed by atoms with van der Waals surface area (Å²) in [5.41, 5.74) is 0.850. The zero-order valence-corrected chi connectivity index (χ0v) is 16.8. The summed E-state index contributed by atoms with van der Waals surface area (Å²) in [6, 6.07) is 9.36.